The minimum atomic E-state index is 0.430. The van der Waals surface area contributed by atoms with Crippen LogP contribution in [0.1, 0.15) is 5.56 Å². The Kier molecular flexibility index (Phi) is 5.51. The lowest BCUT2D eigenvalue weighted by Gasteiger charge is -2.36. The molecule has 3 heterocycles. The highest BCUT2D eigenvalue weighted by Crippen LogP contribution is 2.29. The Labute approximate surface area is 188 Å². The van der Waals surface area contributed by atoms with Gasteiger partial charge in [-0.15, -0.1) is 0 Å². The van der Waals surface area contributed by atoms with E-state index in [4.69, 9.17) is 16.5 Å². The number of nitrogens with two attached hydrogens (primary N) is 2. The van der Waals surface area contributed by atoms with E-state index in [1.54, 1.807) is 0 Å². The summed E-state index contributed by atoms with van der Waals surface area (Å²) in [7, 11) is 0. The van der Waals surface area contributed by atoms with Crippen LogP contribution in [0.4, 0.5) is 11.5 Å². The molecule has 4 N–H and O–H groups in total. The molecular formula is C25H29N7. The largest absolute Gasteiger partial charge is 0.381 e. The fourth-order valence-corrected chi connectivity index (χ4v) is 4.43. The van der Waals surface area contributed by atoms with Gasteiger partial charge in [0.15, 0.2) is 11.5 Å². The van der Waals surface area contributed by atoms with Gasteiger partial charge in [-0.05, 0) is 25.1 Å². The second kappa shape index (κ2) is 8.61. The molecule has 1 fully saturated rings. The number of piperazine rings is 1. The van der Waals surface area contributed by atoms with Crippen LogP contribution in [0.3, 0.4) is 0 Å². The number of nitrogen functional groups attached to an aromatic ring is 1. The molecule has 0 bridgehead atoms. The second-order valence-electron chi connectivity index (χ2n) is 8.39. The van der Waals surface area contributed by atoms with Gasteiger partial charge in [-0.2, -0.15) is 0 Å². The highest BCUT2D eigenvalue weighted by molar-refractivity contribution is 5.75. The number of imidazole rings is 1. The summed E-state index contributed by atoms with van der Waals surface area (Å²) in [6.45, 7) is 7.85. The van der Waals surface area contributed by atoms with Gasteiger partial charge in [0.2, 0.25) is 0 Å². The van der Waals surface area contributed by atoms with E-state index in [-0.39, 0.29) is 0 Å². The van der Waals surface area contributed by atoms with Crippen LogP contribution < -0.4 is 16.4 Å². The van der Waals surface area contributed by atoms with Gasteiger partial charge in [0, 0.05) is 62.3 Å². The SMILES string of the molecule is Cc1cccc(-c2cnc(N)c3nc(-c4cccc(N5CCN(CCN)CC5)c4)cn23)c1. The molecule has 0 radical (unpaired) electrons. The van der Waals surface area contributed by atoms with Gasteiger partial charge in [-0.1, -0.05) is 35.9 Å². The minimum absolute atomic E-state index is 0.430. The Morgan fingerprint density at radius 1 is 0.969 bits per heavy atom. The Bertz CT molecular complexity index is 1240. The van der Waals surface area contributed by atoms with Gasteiger partial charge in [0.25, 0.3) is 0 Å². The van der Waals surface area contributed by atoms with Crippen molar-refractivity contribution < 1.29 is 0 Å². The van der Waals surface area contributed by atoms with Crippen molar-refractivity contribution in [2.24, 2.45) is 5.73 Å². The topological polar surface area (TPSA) is 88.7 Å². The molecule has 0 amide bonds. The van der Waals surface area contributed by atoms with Crippen molar-refractivity contribution >= 4 is 17.2 Å². The van der Waals surface area contributed by atoms with Crippen molar-refractivity contribution in [2.75, 3.05) is 49.9 Å². The van der Waals surface area contributed by atoms with Crippen LogP contribution >= 0.6 is 0 Å². The fourth-order valence-electron chi connectivity index (χ4n) is 4.43. The number of hydrogen-bond donors (Lipinski definition) is 2. The number of aryl methyl sites for hydroxylation is 1. The van der Waals surface area contributed by atoms with Crippen LogP contribution in [0, 0.1) is 6.92 Å². The quantitative estimate of drug-likeness (QED) is 0.509. The van der Waals surface area contributed by atoms with Gasteiger partial charge in [-0.3, -0.25) is 9.30 Å². The molecule has 0 saturated carbocycles. The molecule has 1 aliphatic rings. The summed E-state index contributed by atoms with van der Waals surface area (Å²) < 4.78 is 2.05. The lowest BCUT2D eigenvalue weighted by atomic mass is 10.1. The summed E-state index contributed by atoms with van der Waals surface area (Å²) in [5.74, 6) is 0.430. The molecule has 7 nitrogen and oxygen atoms in total. The van der Waals surface area contributed by atoms with Gasteiger partial charge in [0.05, 0.1) is 17.6 Å². The van der Waals surface area contributed by atoms with Crippen molar-refractivity contribution in [3.63, 3.8) is 0 Å². The fraction of sp³-hybridized carbons (Fsp3) is 0.280. The maximum Gasteiger partial charge on any atom is 0.180 e. The molecule has 2 aromatic carbocycles. The lowest BCUT2D eigenvalue weighted by molar-refractivity contribution is 0.265. The maximum absolute atomic E-state index is 6.19. The average molecular weight is 428 g/mol. The zero-order valence-electron chi connectivity index (χ0n) is 18.4. The number of hydrogen-bond acceptors (Lipinski definition) is 6. The third kappa shape index (κ3) is 3.92. The number of nitrogens with zero attached hydrogens (tertiary/aromatic N) is 5. The van der Waals surface area contributed by atoms with Crippen molar-refractivity contribution in [1.29, 1.82) is 0 Å². The number of fused-ring (bicyclic) bond motifs is 1. The van der Waals surface area contributed by atoms with E-state index in [9.17, 15) is 0 Å². The average Bonchev–Trinajstić information content (AvgIpc) is 3.27. The van der Waals surface area contributed by atoms with E-state index in [1.807, 2.05) is 10.6 Å². The first-order valence-corrected chi connectivity index (χ1v) is 11.1. The molecule has 1 aliphatic heterocycles. The Morgan fingerprint density at radius 3 is 2.53 bits per heavy atom. The predicted molar refractivity (Wildman–Crippen MR) is 131 cm³/mol. The molecule has 164 valence electrons. The number of benzene rings is 2. The Balaban J connectivity index is 1.49. The van der Waals surface area contributed by atoms with E-state index in [0.29, 0.717) is 18.0 Å². The highest BCUT2D eigenvalue weighted by Gasteiger charge is 2.18. The van der Waals surface area contributed by atoms with Crippen LogP contribution in [0.15, 0.2) is 60.9 Å². The molecule has 0 unspecified atom stereocenters. The molecule has 0 aliphatic carbocycles. The van der Waals surface area contributed by atoms with E-state index in [0.717, 1.165) is 55.2 Å². The molecular weight excluding hydrogens is 398 g/mol. The lowest BCUT2D eigenvalue weighted by Crippen LogP contribution is -2.47. The molecule has 1 saturated heterocycles. The summed E-state index contributed by atoms with van der Waals surface area (Å²) in [5, 5.41) is 0. The van der Waals surface area contributed by atoms with Crippen LogP contribution in [0.25, 0.3) is 28.2 Å². The Morgan fingerprint density at radius 2 is 1.75 bits per heavy atom. The molecule has 7 heteroatoms. The molecule has 32 heavy (non-hydrogen) atoms. The molecule has 2 aromatic heterocycles. The molecule has 0 atom stereocenters. The third-order valence-corrected chi connectivity index (χ3v) is 6.16. The first kappa shape index (κ1) is 20.5. The van der Waals surface area contributed by atoms with Crippen LogP contribution in [0.2, 0.25) is 0 Å². The van der Waals surface area contributed by atoms with Crippen LogP contribution in [0.5, 0.6) is 0 Å². The summed E-state index contributed by atoms with van der Waals surface area (Å²) in [6, 6.07) is 17.0. The summed E-state index contributed by atoms with van der Waals surface area (Å²) in [5.41, 5.74) is 19.0. The van der Waals surface area contributed by atoms with E-state index in [1.165, 1.54) is 11.3 Å². The third-order valence-electron chi connectivity index (χ3n) is 6.16. The van der Waals surface area contributed by atoms with Gasteiger partial charge in [0.1, 0.15) is 0 Å². The summed E-state index contributed by atoms with van der Waals surface area (Å²) >= 11 is 0. The smallest absolute Gasteiger partial charge is 0.180 e. The molecule has 5 rings (SSSR count). The van der Waals surface area contributed by atoms with Crippen molar-refractivity contribution in [2.45, 2.75) is 6.92 Å². The first-order chi connectivity index (χ1) is 15.6. The summed E-state index contributed by atoms with van der Waals surface area (Å²) in [4.78, 5) is 14.1. The second-order valence-corrected chi connectivity index (χ2v) is 8.39. The zero-order valence-corrected chi connectivity index (χ0v) is 18.4. The van der Waals surface area contributed by atoms with E-state index >= 15 is 0 Å². The van der Waals surface area contributed by atoms with Gasteiger partial charge < -0.3 is 16.4 Å². The predicted octanol–water partition coefficient (Wildman–Crippen LogP) is 3.03. The molecule has 4 aromatic rings. The van der Waals surface area contributed by atoms with E-state index in [2.05, 4.69) is 76.4 Å². The first-order valence-electron chi connectivity index (χ1n) is 11.1. The van der Waals surface area contributed by atoms with Crippen LogP contribution in [-0.4, -0.2) is 58.5 Å². The van der Waals surface area contributed by atoms with Crippen molar-refractivity contribution in [3.05, 3.63) is 66.5 Å². The van der Waals surface area contributed by atoms with Crippen LogP contribution in [-0.2, 0) is 0 Å². The van der Waals surface area contributed by atoms with Gasteiger partial charge in [-0.25, -0.2) is 9.97 Å². The zero-order chi connectivity index (χ0) is 22.1. The normalized spacial score (nSPS) is 14.9. The number of rotatable bonds is 5. The van der Waals surface area contributed by atoms with E-state index < -0.39 is 0 Å². The Hall–Kier alpha value is -3.42. The molecule has 0 spiro atoms. The monoisotopic (exact) mass is 427 g/mol. The number of aromatic nitrogens is 3. The maximum atomic E-state index is 6.19. The summed E-state index contributed by atoms with van der Waals surface area (Å²) in [6.07, 6.45) is 3.88. The van der Waals surface area contributed by atoms with Crippen molar-refractivity contribution in [3.8, 4) is 22.5 Å². The highest BCUT2D eigenvalue weighted by atomic mass is 15.3. The minimum Gasteiger partial charge on any atom is -0.381 e. The van der Waals surface area contributed by atoms with Crippen molar-refractivity contribution in [1.82, 2.24) is 19.3 Å². The van der Waals surface area contributed by atoms with Gasteiger partial charge >= 0.3 is 0 Å². The standard InChI is InChI=1S/C25H29N7/c1-18-4-2-6-20(14-18)23-16-28-24(27)25-29-22(17-32(23)25)19-5-3-7-21(15-19)31-12-10-30(9-8-26)11-13-31/h2-7,14-17H,8-13,26H2,1H3,(H2,27,28). The number of anilines is 2.